The molecule has 4 heteroatoms. The first kappa shape index (κ1) is 27.0. The highest BCUT2D eigenvalue weighted by atomic mass is 16.5. The molecule has 4 aromatic carbocycles. The fourth-order valence-electron chi connectivity index (χ4n) is 5.50. The molecule has 0 saturated heterocycles. The monoisotopic (exact) mass is 548 g/mol. The minimum absolute atomic E-state index is 0.772. The Bertz CT molecular complexity index is 1630. The van der Waals surface area contributed by atoms with E-state index in [4.69, 9.17) is 19.4 Å². The minimum atomic E-state index is 0.772. The Kier molecular flexibility index (Phi) is 8.05. The van der Waals surface area contributed by atoms with Crippen LogP contribution in [0.1, 0.15) is 22.3 Å². The van der Waals surface area contributed by atoms with Crippen molar-refractivity contribution in [2.45, 2.75) is 12.8 Å². The lowest BCUT2D eigenvalue weighted by Gasteiger charge is -2.20. The van der Waals surface area contributed by atoms with E-state index in [9.17, 15) is 0 Å². The van der Waals surface area contributed by atoms with E-state index in [2.05, 4.69) is 84.9 Å². The number of nitrogens with zero attached hydrogens (tertiary/aromatic N) is 2. The number of rotatable bonds is 9. The first-order chi connectivity index (χ1) is 20.7. The van der Waals surface area contributed by atoms with Crippen LogP contribution in [0.3, 0.4) is 0 Å². The fourth-order valence-corrected chi connectivity index (χ4v) is 5.50. The van der Waals surface area contributed by atoms with Gasteiger partial charge >= 0.3 is 0 Å². The smallest absolute Gasteiger partial charge is 0.118 e. The van der Waals surface area contributed by atoms with Gasteiger partial charge in [0, 0.05) is 23.5 Å². The molecule has 6 aromatic rings. The van der Waals surface area contributed by atoms with Gasteiger partial charge in [-0.05, 0) is 94.8 Å². The summed E-state index contributed by atoms with van der Waals surface area (Å²) < 4.78 is 10.8. The summed E-state index contributed by atoms with van der Waals surface area (Å²) in [6.07, 6.45) is 5.27. The summed E-state index contributed by atoms with van der Waals surface area (Å²) in [6, 6.07) is 41.9. The molecule has 2 heterocycles. The summed E-state index contributed by atoms with van der Waals surface area (Å²) in [5.41, 5.74) is 11.3. The second kappa shape index (κ2) is 12.5. The zero-order valence-electron chi connectivity index (χ0n) is 23.8. The molecule has 4 nitrogen and oxygen atoms in total. The summed E-state index contributed by atoms with van der Waals surface area (Å²) in [5, 5.41) is 0. The van der Waals surface area contributed by atoms with Crippen molar-refractivity contribution in [3.8, 4) is 45.1 Å². The van der Waals surface area contributed by atoms with Crippen molar-refractivity contribution in [3.05, 3.63) is 156 Å². The molecule has 0 atom stereocenters. The van der Waals surface area contributed by atoms with Gasteiger partial charge in [0.2, 0.25) is 0 Å². The van der Waals surface area contributed by atoms with Gasteiger partial charge in [-0.2, -0.15) is 0 Å². The summed E-state index contributed by atoms with van der Waals surface area (Å²) >= 11 is 0. The predicted octanol–water partition coefficient (Wildman–Crippen LogP) is 8.68. The van der Waals surface area contributed by atoms with Crippen LogP contribution in [0.4, 0.5) is 0 Å². The fraction of sp³-hybridized carbons (Fsp3) is 0.105. The van der Waals surface area contributed by atoms with Crippen molar-refractivity contribution in [2.75, 3.05) is 14.2 Å². The second-order valence-corrected chi connectivity index (χ2v) is 10.2. The number of benzene rings is 4. The molecular weight excluding hydrogens is 516 g/mol. The van der Waals surface area contributed by atoms with Gasteiger partial charge in [-0.1, -0.05) is 72.8 Å². The Morgan fingerprint density at radius 2 is 0.881 bits per heavy atom. The molecule has 206 valence electrons. The van der Waals surface area contributed by atoms with Crippen LogP contribution in [0.15, 0.2) is 134 Å². The summed E-state index contributed by atoms with van der Waals surface area (Å²) in [5.74, 6) is 1.71. The zero-order valence-corrected chi connectivity index (χ0v) is 23.8. The molecule has 0 saturated carbocycles. The van der Waals surface area contributed by atoms with E-state index in [0.717, 1.165) is 58.0 Å². The van der Waals surface area contributed by atoms with Gasteiger partial charge in [0.05, 0.1) is 25.6 Å². The number of ether oxygens (including phenoxy) is 2. The molecule has 0 spiro atoms. The third kappa shape index (κ3) is 5.79. The van der Waals surface area contributed by atoms with Gasteiger partial charge in [-0.25, -0.2) is 0 Å². The predicted molar refractivity (Wildman–Crippen MR) is 170 cm³/mol. The quantitative estimate of drug-likeness (QED) is 0.181. The Hall–Kier alpha value is -5.22. The van der Waals surface area contributed by atoms with Crippen LogP contribution in [0.2, 0.25) is 0 Å². The Labute approximate surface area is 247 Å². The standard InChI is InChI=1S/C38H32N2O2/c1-41-31-19-15-27(16-20-31)25-29-9-7-11-33(37(29)35-13-3-5-23-39-35)34-12-8-10-30(38(34)36-14-4-6-24-40-36)26-28-17-21-32(42-2)22-18-28/h3-24H,25-26H2,1-2H3. The molecule has 0 fully saturated rings. The highest BCUT2D eigenvalue weighted by Gasteiger charge is 2.20. The SMILES string of the molecule is COc1ccc(Cc2cccc(-c3cccc(Cc4ccc(OC)cc4)c3-c3ccccn3)c2-c2ccccn2)cc1. The normalized spacial score (nSPS) is 10.8. The lowest BCUT2D eigenvalue weighted by molar-refractivity contribution is 0.414. The van der Waals surface area contributed by atoms with Crippen molar-refractivity contribution in [2.24, 2.45) is 0 Å². The molecule has 0 aliphatic heterocycles. The first-order valence-corrected chi connectivity index (χ1v) is 14.1. The molecule has 2 aromatic heterocycles. The highest BCUT2D eigenvalue weighted by Crippen LogP contribution is 2.41. The van der Waals surface area contributed by atoms with Crippen LogP contribution >= 0.6 is 0 Å². The molecule has 42 heavy (non-hydrogen) atoms. The maximum Gasteiger partial charge on any atom is 0.118 e. The van der Waals surface area contributed by atoms with Crippen LogP contribution in [0.25, 0.3) is 33.6 Å². The number of hydrogen-bond acceptors (Lipinski definition) is 4. The van der Waals surface area contributed by atoms with E-state index < -0.39 is 0 Å². The van der Waals surface area contributed by atoms with Crippen LogP contribution in [0.5, 0.6) is 11.5 Å². The third-order valence-corrected chi connectivity index (χ3v) is 7.54. The topological polar surface area (TPSA) is 44.2 Å². The molecular formula is C38H32N2O2. The molecule has 0 amide bonds. The Morgan fingerprint density at radius 3 is 1.24 bits per heavy atom. The number of aromatic nitrogens is 2. The molecule has 0 aliphatic rings. The Balaban J connectivity index is 1.53. The van der Waals surface area contributed by atoms with Crippen molar-refractivity contribution in [1.82, 2.24) is 9.97 Å². The van der Waals surface area contributed by atoms with Crippen LogP contribution in [-0.4, -0.2) is 24.2 Å². The van der Waals surface area contributed by atoms with Crippen LogP contribution in [0, 0.1) is 0 Å². The maximum absolute atomic E-state index is 5.39. The average Bonchev–Trinajstić information content (AvgIpc) is 3.06. The summed E-state index contributed by atoms with van der Waals surface area (Å²) in [7, 11) is 3.39. The van der Waals surface area contributed by atoms with Crippen LogP contribution < -0.4 is 9.47 Å². The molecule has 0 N–H and O–H groups in total. The van der Waals surface area contributed by atoms with Gasteiger partial charge in [-0.15, -0.1) is 0 Å². The van der Waals surface area contributed by atoms with E-state index in [-0.39, 0.29) is 0 Å². The minimum Gasteiger partial charge on any atom is -0.497 e. The van der Waals surface area contributed by atoms with Gasteiger partial charge in [0.15, 0.2) is 0 Å². The first-order valence-electron chi connectivity index (χ1n) is 14.1. The van der Waals surface area contributed by atoms with Crippen molar-refractivity contribution in [3.63, 3.8) is 0 Å². The van der Waals surface area contributed by atoms with Crippen molar-refractivity contribution >= 4 is 0 Å². The van der Waals surface area contributed by atoms with E-state index in [1.165, 1.54) is 22.3 Å². The molecule has 6 rings (SSSR count). The van der Waals surface area contributed by atoms with Gasteiger partial charge in [-0.3, -0.25) is 9.97 Å². The third-order valence-electron chi connectivity index (χ3n) is 7.54. The molecule has 0 bridgehead atoms. The van der Waals surface area contributed by atoms with E-state index in [1.54, 1.807) is 14.2 Å². The number of methoxy groups -OCH3 is 2. The van der Waals surface area contributed by atoms with Gasteiger partial charge in [0.25, 0.3) is 0 Å². The lowest BCUT2D eigenvalue weighted by atomic mass is 9.85. The second-order valence-electron chi connectivity index (χ2n) is 10.2. The zero-order chi connectivity index (χ0) is 28.7. The Morgan fingerprint density at radius 1 is 0.452 bits per heavy atom. The van der Waals surface area contributed by atoms with Crippen LogP contribution in [-0.2, 0) is 12.8 Å². The van der Waals surface area contributed by atoms with Crippen molar-refractivity contribution < 1.29 is 9.47 Å². The molecule has 0 aliphatic carbocycles. The average molecular weight is 549 g/mol. The largest absolute Gasteiger partial charge is 0.497 e. The number of hydrogen-bond donors (Lipinski definition) is 0. The number of pyridine rings is 2. The van der Waals surface area contributed by atoms with E-state index in [1.807, 2.05) is 48.8 Å². The summed E-state index contributed by atoms with van der Waals surface area (Å²) in [6.45, 7) is 0. The summed E-state index contributed by atoms with van der Waals surface area (Å²) in [4.78, 5) is 9.65. The van der Waals surface area contributed by atoms with E-state index >= 15 is 0 Å². The highest BCUT2D eigenvalue weighted by molar-refractivity contribution is 5.92. The lowest BCUT2D eigenvalue weighted by Crippen LogP contribution is -2.00. The van der Waals surface area contributed by atoms with Gasteiger partial charge in [0.1, 0.15) is 11.5 Å². The molecule has 0 unspecified atom stereocenters. The van der Waals surface area contributed by atoms with E-state index in [0.29, 0.717) is 0 Å². The maximum atomic E-state index is 5.39. The van der Waals surface area contributed by atoms with Gasteiger partial charge < -0.3 is 9.47 Å². The van der Waals surface area contributed by atoms with Crippen molar-refractivity contribution in [1.29, 1.82) is 0 Å². The molecule has 0 radical (unpaired) electrons.